The number of aliphatic hydroxyl groups is 1. The monoisotopic (exact) mass is 340 g/mol. The van der Waals surface area contributed by atoms with Crippen molar-refractivity contribution in [3.63, 3.8) is 0 Å². The van der Waals surface area contributed by atoms with Crippen molar-refractivity contribution in [2.24, 2.45) is 0 Å². The number of hydrogen-bond donors (Lipinski definition) is 3. The molecular weight excluding hydrogens is 320 g/mol. The predicted octanol–water partition coefficient (Wildman–Crippen LogP) is 1.22. The van der Waals surface area contributed by atoms with Crippen molar-refractivity contribution < 1.29 is 14.7 Å². The normalized spacial score (nSPS) is 26.5. The van der Waals surface area contributed by atoms with Crippen LogP contribution in [0.2, 0.25) is 0 Å². The van der Waals surface area contributed by atoms with Gasteiger partial charge in [-0.2, -0.15) is 5.10 Å². The molecule has 0 unspecified atom stereocenters. The van der Waals surface area contributed by atoms with Gasteiger partial charge in [0.25, 0.3) is 5.91 Å². The van der Waals surface area contributed by atoms with Crippen LogP contribution in [-0.4, -0.2) is 38.8 Å². The summed E-state index contributed by atoms with van der Waals surface area (Å²) in [5.74, 6) is -0.295. The van der Waals surface area contributed by atoms with E-state index in [4.69, 9.17) is 0 Å². The molecule has 2 heterocycles. The first-order chi connectivity index (χ1) is 11.9. The number of amides is 2. The van der Waals surface area contributed by atoms with Crippen molar-refractivity contribution in [2.45, 2.75) is 43.9 Å². The highest BCUT2D eigenvalue weighted by molar-refractivity contribution is 6.07. The predicted molar refractivity (Wildman–Crippen MR) is 91.2 cm³/mol. The molecule has 3 N–H and O–H groups in total. The fourth-order valence-corrected chi connectivity index (χ4v) is 3.56. The number of aliphatic hydroxyl groups excluding tert-OH is 1. The van der Waals surface area contributed by atoms with E-state index in [1.165, 1.54) is 0 Å². The lowest BCUT2D eigenvalue weighted by Gasteiger charge is -2.41. The van der Waals surface area contributed by atoms with Crippen LogP contribution in [0.15, 0.2) is 36.7 Å². The van der Waals surface area contributed by atoms with Crippen LogP contribution >= 0.6 is 0 Å². The second-order valence-electron chi connectivity index (χ2n) is 7.20. The van der Waals surface area contributed by atoms with Crippen LogP contribution in [-0.2, 0) is 10.2 Å². The molecule has 2 aliphatic rings. The van der Waals surface area contributed by atoms with E-state index in [1.54, 1.807) is 35.3 Å². The van der Waals surface area contributed by atoms with E-state index in [2.05, 4.69) is 15.7 Å². The average molecular weight is 340 g/mol. The minimum absolute atomic E-state index is 0.0686. The summed E-state index contributed by atoms with van der Waals surface area (Å²) >= 11 is 0. The highest BCUT2D eigenvalue weighted by Gasteiger charge is 2.43. The van der Waals surface area contributed by atoms with Crippen LogP contribution in [0.1, 0.15) is 42.2 Å². The number of rotatable bonds is 3. The first-order valence-corrected chi connectivity index (χ1v) is 8.32. The Hall–Kier alpha value is -2.67. The summed E-state index contributed by atoms with van der Waals surface area (Å²) in [6.07, 6.45) is 3.39. The third-order valence-electron chi connectivity index (χ3n) is 5.22. The number of benzene rings is 1. The summed E-state index contributed by atoms with van der Waals surface area (Å²) < 4.78 is 1.67. The largest absolute Gasteiger partial charge is 0.391 e. The number of hydrogen-bond acceptors (Lipinski definition) is 4. The molecular formula is C18H20N4O3. The number of aromatic nitrogens is 2. The molecule has 1 saturated carbocycles. The summed E-state index contributed by atoms with van der Waals surface area (Å²) in [4.78, 5) is 24.6. The van der Waals surface area contributed by atoms with Crippen LogP contribution in [0.3, 0.4) is 0 Å². The zero-order valence-corrected chi connectivity index (χ0v) is 14.1. The van der Waals surface area contributed by atoms with Gasteiger partial charge in [0.1, 0.15) is 0 Å². The number of carbonyl (C=O) groups is 2. The van der Waals surface area contributed by atoms with Crippen LogP contribution in [0, 0.1) is 0 Å². The van der Waals surface area contributed by atoms with Gasteiger partial charge in [0, 0.05) is 23.6 Å². The maximum Gasteiger partial charge on any atom is 0.251 e. The van der Waals surface area contributed by atoms with Gasteiger partial charge >= 0.3 is 0 Å². The maximum atomic E-state index is 12.6. The lowest BCUT2D eigenvalue weighted by molar-refractivity contribution is -0.119. The fourth-order valence-electron chi connectivity index (χ4n) is 3.56. The van der Waals surface area contributed by atoms with E-state index in [1.807, 2.05) is 19.9 Å². The Morgan fingerprint density at radius 2 is 2.24 bits per heavy atom. The summed E-state index contributed by atoms with van der Waals surface area (Å²) in [6, 6.07) is 6.61. The Morgan fingerprint density at radius 3 is 2.92 bits per heavy atom. The summed E-state index contributed by atoms with van der Waals surface area (Å²) in [5.41, 5.74) is 1.47. The van der Waals surface area contributed by atoms with Crippen LogP contribution < -0.4 is 10.6 Å². The summed E-state index contributed by atoms with van der Waals surface area (Å²) in [5, 5.41) is 19.9. The average Bonchev–Trinajstić information content (AvgIpc) is 3.14. The van der Waals surface area contributed by atoms with Gasteiger partial charge in [-0.15, -0.1) is 0 Å². The van der Waals surface area contributed by atoms with E-state index in [9.17, 15) is 14.7 Å². The van der Waals surface area contributed by atoms with Crippen LogP contribution in [0.25, 0.3) is 0 Å². The quantitative estimate of drug-likeness (QED) is 0.783. The molecule has 1 aromatic heterocycles. The smallest absolute Gasteiger partial charge is 0.251 e. The van der Waals surface area contributed by atoms with Crippen molar-refractivity contribution in [1.82, 2.24) is 15.1 Å². The Balaban J connectivity index is 1.51. The fraction of sp³-hybridized carbons (Fsp3) is 0.389. The molecule has 0 spiro atoms. The number of fused-ring (bicyclic) bond motifs is 1. The third-order valence-corrected chi connectivity index (χ3v) is 5.22. The second-order valence-corrected chi connectivity index (χ2v) is 7.20. The molecule has 1 aromatic carbocycles. The SMILES string of the molecule is CC1(C)C(=O)Nc2cc(C(=O)N[C@H]3C[C@@H](O)[C@@H]3n3cccn3)ccc21. The van der Waals surface area contributed by atoms with Crippen molar-refractivity contribution >= 4 is 17.5 Å². The Labute approximate surface area is 145 Å². The molecule has 0 bridgehead atoms. The van der Waals surface area contributed by atoms with E-state index in [-0.39, 0.29) is 23.9 Å². The molecule has 3 atom stereocenters. The Kier molecular flexibility index (Phi) is 3.43. The maximum absolute atomic E-state index is 12.6. The molecule has 1 aliphatic carbocycles. The summed E-state index contributed by atoms with van der Waals surface area (Å²) in [7, 11) is 0. The zero-order chi connectivity index (χ0) is 17.8. The number of nitrogens with zero attached hydrogens (tertiary/aromatic N) is 2. The summed E-state index contributed by atoms with van der Waals surface area (Å²) in [6.45, 7) is 3.72. The van der Waals surface area contributed by atoms with Crippen molar-refractivity contribution in [1.29, 1.82) is 0 Å². The van der Waals surface area contributed by atoms with Gasteiger partial charge in [-0.05, 0) is 44.0 Å². The van der Waals surface area contributed by atoms with E-state index in [0.29, 0.717) is 17.7 Å². The highest BCUT2D eigenvalue weighted by atomic mass is 16.3. The van der Waals surface area contributed by atoms with Crippen molar-refractivity contribution in [2.75, 3.05) is 5.32 Å². The van der Waals surface area contributed by atoms with Gasteiger partial charge < -0.3 is 15.7 Å². The lowest BCUT2D eigenvalue weighted by atomic mass is 9.82. The molecule has 4 rings (SSSR count). The van der Waals surface area contributed by atoms with Crippen molar-refractivity contribution in [3.05, 3.63) is 47.8 Å². The van der Waals surface area contributed by atoms with Crippen LogP contribution in [0.5, 0.6) is 0 Å². The minimum atomic E-state index is -0.590. The molecule has 1 fully saturated rings. The Bertz CT molecular complexity index is 844. The third kappa shape index (κ3) is 2.42. The molecule has 7 heteroatoms. The number of anilines is 1. The lowest BCUT2D eigenvalue weighted by Crippen LogP contribution is -2.56. The van der Waals surface area contributed by atoms with E-state index in [0.717, 1.165) is 5.56 Å². The van der Waals surface area contributed by atoms with Crippen molar-refractivity contribution in [3.8, 4) is 0 Å². The Morgan fingerprint density at radius 1 is 1.44 bits per heavy atom. The molecule has 0 saturated heterocycles. The molecule has 2 aromatic rings. The molecule has 0 radical (unpaired) electrons. The van der Waals surface area contributed by atoms with Gasteiger partial charge in [0.05, 0.1) is 23.6 Å². The first kappa shape index (κ1) is 15.8. The van der Waals surface area contributed by atoms with Crippen LogP contribution in [0.4, 0.5) is 5.69 Å². The molecule has 2 amide bonds. The molecule has 25 heavy (non-hydrogen) atoms. The molecule has 130 valence electrons. The van der Waals surface area contributed by atoms with Gasteiger partial charge in [-0.3, -0.25) is 14.3 Å². The second kappa shape index (κ2) is 5.42. The zero-order valence-electron chi connectivity index (χ0n) is 14.1. The van der Waals surface area contributed by atoms with Gasteiger partial charge in [-0.1, -0.05) is 6.07 Å². The minimum Gasteiger partial charge on any atom is -0.391 e. The molecule has 7 nitrogen and oxygen atoms in total. The highest BCUT2D eigenvalue weighted by Crippen LogP contribution is 2.38. The number of carbonyl (C=O) groups excluding carboxylic acids is 2. The molecule has 1 aliphatic heterocycles. The first-order valence-electron chi connectivity index (χ1n) is 8.32. The van der Waals surface area contributed by atoms with E-state index >= 15 is 0 Å². The standard InChI is InChI=1S/C18H20N4O3/c1-18(2)11-5-4-10(8-12(11)21-17(18)25)16(24)20-13-9-14(23)15(13)22-7-3-6-19-22/h3-8,13-15,23H,9H2,1-2H3,(H,20,24)(H,21,25)/t13-,14+,15+/m0/s1. The van der Waals surface area contributed by atoms with Gasteiger partial charge in [-0.25, -0.2) is 0 Å². The number of nitrogens with one attached hydrogen (secondary N) is 2. The van der Waals surface area contributed by atoms with Gasteiger partial charge in [0.15, 0.2) is 0 Å². The van der Waals surface area contributed by atoms with Gasteiger partial charge in [0.2, 0.25) is 5.91 Å². The topological polar surface area (TPSA) is 96.3 Å². The van der Waals surface area contributed by atoms with E-state index < -0.39 is 11.5 Å².